The first-order valence-corrected chi connectivity index (χ1v) is 6.78. The molecular formula is C17H15NO4. The number of hydrogen-bond donors (Lipinski definition) is 2. The summed E-state index contributed by atoms with van der Waals surface area (Å²) in [5.41, 5.74) is 1.79. The van der Waals surface area contributed by atoms with Crippen molar-refractivity contribution >= 4 is 16.9 Å². The van der Waals surface area contributed by atoms with Crippen LogP contribution in [0, 0.1) is 0 Å². The molecule has 0 saturated carbocycles. The van der Waals surface area contributed by atoms with E-state index in [2.05, 4.69) is 0 Å². The first-order chi connectivity index (χ1) is 10.6. The number of para-hydroxylation sites is 1. The van der Waals surface area contributed by atoms with Crippen molar-refractivity contribution in [1.29, 1.82) is 0 Å². The van der Waals surface area contributed by atoms with Gasteiger partial charge < -0.3 is 19.5 Å². The number of benzene rings is 2. The largest absolute Gasteiger partial charge is 0.508 e. The summed E-state index contributed by atoms with van der Waals surface area (Å²) in [5.74, 6) is -0.251. The smallest absolute Gasteiger partial charge is 0.337 e. The van der Waals surface area contributed by atoms with Crippen LogP contribution >= 0.6 is 0 Å². The number of aryl methyl sites for hydroxylation is 1. The lowest BCUT2D eigenvalue weighted by atomic mass is 10.1. The molecule has 0 unspecified atom stereocenters. The molecule has 0 atom stereocenters. The highest BCUT2D eigenvalue weighted by Gasteiger charge is 2.14. The molecule has 5 heteroatoms. The molecule has 112 valence electrons. The summed E-state index contributed by atoms with van der Waals surface area (Å²) < 4.78 is 7.48. The Morgan fingerprint density at radius 1 is 1.18 bits per heavy atom. The number of rotatable bonds is 4. The minimum Gasteiger partial charge on any atom is -0.508 e. The van der Waals surface area contributed by atoms with Gasteiger partial charge in [-0.25, -0.2) is 4.79 Å². The molecule has 3 aromatic rings. The summed E-state index contributed by atoms with van der Waals surface area (Å²) in [6.45, 7) is 0.285. The average molecular weight is 297 g/mol. The molecule has 2 N–H and O–H groups in total. The van der Waals surface area contributed by atoms with Gasteiger partial charge in [0.1, 0.15) is 18.1 Å². The van der Waals surface area contributed by atoms with Crippen LogP contribution in [0.25, 0.3) is 10.9 Å². The lowest BCUT2D eigenvalue weighted by Gasteiger charge is -2.08. The third-order valence-corrected chi connectivity index (χ3v) is 3.59. The lowest BCUT2D eigenvalue weighted by molar-refractivity contribution is 0.0698. The highest BCUT2D eigenvalue weighted by Crippen LogP contribution is 2.24. The van der Waals surface area contributed by atoms with E-state index in [0.717, 1.165) is 11.1 Å². The van der Waals surface area contributed by atoms with Gasteiger partial charge in [-0.3, -0.25) is 0 Å². The van der Waals surface area contributed by atoms with Gasteiger partial charge in [-0.1, -0.05) is 18.2 Å². The summed E-state index contributed by atoms with van der Waals surface area (Å²) in [4.78, 5) is 11.3. The van der Waals surface area contributed by atoms with Gasteiger partial charge in [0.15, 0.2) is 0 Å². The van der Waals surface area contributed by atoms with Crippen LogP contribution in [0.15, 0.2) is 48.5 Å². The molecular weight excluding hydrogens is 282 g/mol. The second-order valence-corrected chi connectivity index (χ2v) is 5.03. The zero-order chi connectivity index (χ0) is 15.7. The first-order valence-electron chi connectivity index (χ1n) is 6.78. The number of aromatic carboxylic acids is 1. The van der Waals surface area contributed by atoms with Crippen molar-refractivity contribution in [3.8, 4) is 11.5 Å². The molecule has 0 spiro atoms. The number of nitrogens with zero attached hydrogens (tertiary/aromatic N) is 1. The fourth-order valence-electron chi connectivity index (χ4n) is 2.51. The minimum absolute atomic E-state index is 0.141. The van der Waals surface area contributed by atoms with Crippen molar-refractivity contribution in [1.82, 2.24) is 4.57 Å². The molecule has 1 heterocycles. The van der Waals surface area contributed by atoms with E-state index in [1.165, 1.54) is 6.07 Å². The highest BCUT2D eigenvalue weighted by atomic mass is 16.5. The third kappa shape index (κ3) is 2.48. The first kappa shape index (κ1) is 14.0. The number of carboxylic acids is 1. The molecule has 0 radical (unpaired) electrons. The number of carboxylic acid groups (broad SMARTS) is 1. The number of aromatic hydroxyl groups is 1. The molecule has 0 fully saturated rings. The SMILES string of the molecule is Cn1c(COc2cccc(O)c2)cc2cccc(C(=O)O)c21. The van der Waals surface area contributed by atoms with Crippen molar-refractivity contribution in [2.75, 3.05) is 0 Å². The lowest BCUT2D eigenvalue weighted by Crippen LogP contribution is -2.04. The summed E-state index contributed by atoms with van der Waals surface area (Å²) in [6, 6.07) is 13.7. The minimum atomic E-state index is -0.952. The number of ether oxygens (including phenoxy) is 1. The topological polar surface area (TPSA) is 71.7 Å². The predicted octanol–water partition coefficient (Wildman–Crippen LogP) is 3.16. The van der Waals surface area contributed by atoms with Crippen molar-refractivity contribution < 1.29 is 19.7 Å². The van der Waals surface area contributed by atoms with Gasteiger partial charge in [0.05, 0.1) is 16.8 Å². The Morgan fingerprint density at radius 2 is 1.95 bits per heavy atom. The van der Waals surface area contributed by atoms with E-state index in [4.69, 9.17) is 4.74 Å². The monoisotopic (exact) mass is 297 g/mol. The Kier molecular flexibility index (Phi) is 3.47. The van der Waals surface area contributed by atoms with Gasteiger partial charge in [-0.15, -0.1) is 0 Å². The van der Waals surface area contributed by atoms with E-state index in [1.807, 2.05) is 23.7 Å². The normalized spacial score (nSPS) is 10.8. The Morgan fingerprint density at radius 3 is 2.68 bits per heavy atom. The maximum Gasteiger partial charge on any atom is 0.337 e. The van der Waals surface area contributed by atoms with Gasteiger partial charge in [0.2, 0.25) is 0 Å². The fourth-order valence-corrected chi connectivity index (χ4v) is 2.51. The molecule has 0 bridgehead atoms. The standard InChI is InChI=1S/C17H15NO4/c1-18-12(10-22-14-6-3-5-13(19)9-14)8-11-4-2-7-15(16(11)18)17(20)21/h2-9,19H,10H2,1H3,(H,20,21). The molecule has 0 aliphatic rings. The average Bonchev–Trinajstić information content (AvgIpc) is 2.82. The summed E-state index contributed by atoms with van der Waals surface area (Å²) in [6.07, 6.45) is 0. The van der Waals surface area contributed by atoms with Crippen LogP contribution in [-0.4, -0.2) is 20.7 Å². The van der Waals surface area contributed by atoms with Gasteiger partial charge in [-0.05, 0) is 24.3 Å². The number of fused-ring (bicyclic) bond motifs is 1. The second kappa shape index (κ2) is 5.44. The number of aromatic nitrogens is 1. The van der Waals surface area contributed by atoms with Crippen molar-refractivity contribution in [2.45, 2.75) is 6.61 Å². The van der Waals surface area contributed by atoms with Gasteiger partial charge in [0, 0.05) is 18.5 Å². The molecule has 3 rings (SSSR count). The maximum absolute atomic E-state index is 11.3. The van der Waals surface area contributed by atoms with E-state index in [0.29, 0.717) is 11.3 Å². The van der Waals surface area contributed by atoms with Crippen molar-refractivity contribution in [3.63, 3.8) is 0 Å². The summed E-state index contributed by atoms with van der Waals surface area (Å²) in [7, 11) is 1.82. The molecule has 0 aliphatic carbocycles. The molecule has 1 aromatic heterocycles. The van der Waals surface area contributed by atoms with Gasteiger partial charge in [-0.2, -0.15) is 0 Å². The van der Waals surface area contributed by atoms with E-state index in [9.17, 15) is 15.0 Å². The summed E-state index contributed by atoms with van der Waals surface area (Å²) >= 11 is 0. The van der Waals surface area contributed by atoms with Crippen LogP contribution in [0.3, 0.4) is 0 Å². The maximum atomic E-state index is 11.3. The predicted molar refractivity (Wildman–Crippen MR) is 82.3 cm³/mol. The zero-order valence-corrected chi connectivity index (χ0v) is 12.0. The van der Waals surface area contributed by atoms with E-state index in [-0.39, 0.29) is 17.9 Å². The Bertz CT molecular complexity index is 851. The van der Waals surface area contributed by atoms with Crippen LogP contribution in [0.4, 0.5) is 0 Å². The molecule has 0 aliphatic heterocycles. The molecule has 22 heavy (non-hydrogen) atoms. The fraction of sp³-hybridized carbons (Fsp3) is 0.118. The van der Waals surface area contributed by atoms with Crippen LogP contribution < -0.4 is 4.74 Å². The van der Waals surface area contributed by atoms with Crippen LogP contribution in [-0.2, 0) is 13.7 Å². The Labute approximate surface area is 127 Å². The Balaban J connectivity index is 1.93. The van der Waals surface area contributed by atoms with Crippen molar-refractivity contribution in [3.05, 3.63) is 59.8 Å². The quantitative estimate of drug-likeness (QED) is 0.776. The number of carbonyl (C=O) groups is 1. The van der Waals surface area contributed by atoms with E-state index < -0.39 is 5.97 Å². The van der Waals surface area contributed by atoms with Crippen molar-refractivity contribution in [2.24, 2.45) is 7.05 Å². The molecule has 0 amide bonds. The number of phenols is 1. The number of hydrogen-bond acceptors (Lipinski definition) is 3. The van der Waals surface area contributed by atoms with Crippen LogP contribution in [0.2, 0.25) is 0 Å². The second-order valence-electron chi connectivity index (χ2n) is 5.03. The van der Waals surface area contributed by atoms with E-state index in [1.54, 1.807) is 30.3 Å². The summed E-state index contributed by atoms with van der Waals surface area (Å²) in [5, 5.41) is 19.6. The molecule has 2 aromatic carbocycles. The highest BCUT2D eigenvalue weighted by molar-refractivity contribution is 6.02. The molecule has 5 nitrogen and oxygen atoms in total. The zero-order valence-electron chi connectivity index (χ0n) is 12.0. The van der Waals surface area contributed by atoms with Gasteiger partial charge in [0.25, 0.3) is 0 Å². The van der Waals surface area contributed by atoms with Gasteiger partial charge >= 0.3 is 5.97 Å². The van der Waals surface area contributed by atoms with E-state index >= 15 is 0 Å². The van der Waals surface area contributed by atoms with Crippen LogP contribution in [0.5, 0.6) is 11.5 Å². The third-order valence-electron chi connectivity index (χ3n) is 3.59. The van der Waals surface area contributed by atoms with Crippen LogP contribution in [0.1, 0.15) is 16.1 Å². The number of phenolic OH excluding ortho intramolecular Hbond substituents is 1. The Hall–Kier alpha value is -2.95. The molecule has 0 saturated heterocycles.